The molecule has 26 heavy (non-hydrogen) atoms. The molecule has 0 amide bonds. The molecule has 2 aliphatic heterocycles. The van der Waals surface area contributed by atoms with E-state index in [-0.39, 0.29) is 5.88 Å². The summed E-state index contributed by atoms with van der Waals surface area (Å²) < 4.78 is 0. The van der Waals surface area contributed by atoms with Crippen LogP contribution < -0.4 is 20.4 Å². The van der Waals surface area contributed by atoms with E-state index in [0.717, 1.165) is 29.0 Å². The van der Waals surface area contributed by atoms with E-state index in [2.05, 4.69) is 25.6 Å². The van der Waals surface area contributed by atoms with Crippen LogP contribution in [0.25, 0.3) is 11.7 Å². The predicted octanol–water partition coefficient (Wildman–Crippen LogP) is 1.49. The van der Waals surface area contributed by atoms with E-state index < -0.39 is 0 Å². The van der Waals surface area contributed by atoms with Gasteiger partial charge in [-0.2, -0.15) is 0 Å². The molecule has 2 aromatic rings. The summed E-state index contributed by atoms with van der Waals surface area (Å²) in [5.41, 5.74) is 1.09. The lowest BCUT2D eigenvalue weighted by Gasteiger charge is -2.40. The maximum atomic E-state index is 12.7. The number of anilines is 1. The molecule has 4 rings (SSSR count). The summed E-state index contributed by atoms with van der Waals surface area (Å²) >= 11 is 6.07. The molecule has 1 saturated heterocycles. The molecule has 7 nitrogen and oxygen atoms in total. The lowest BCUT2D eigenvalue weighted by Crippen LogP contribution is -2.48. The summed E-state index contributed by atoms with van der Waals surface area (Å²) in [6.45, 7) is 2.91. The minimum absolute atomic E-state index is 0.0296. The molecular formula is C18H16ClN6O-. The van der Waals surface area contributed by atoms with Crippen molar-refractivity contribution in [2.24, 2.45) is 20.7 Å². The highest BCUT2D eigenvalue weighted by molar-refractivity contribution is 6.30. The van der Waals surface area contributed by atoms with Crippen LogP contribution in [0.3, 0.4) is 0 Å². The van der Waals surface area contributed by atoms with Gasteiger partial charge in [0.05, 0.1) is 0 Å². The third-order valence-electron chi connectivity index (χ3n) is 4.45. The number of hydrogen-bond donors (Lipinski definition) is 0. The predicted molar refractivity (Wildman–Crippen MR) is 97.5 cm³/mol. The van der Waals surface area contributed by atoms with Crippen LogP contribution in [0.1, 0.15) is 0 Å². The number of hydrogen-bond acceptors (Lipinski definition) is 7. The molecular weight excluding hydrogens is 352 g/mol. The Morgan fingerprint density at radius 3 is 2.27 bits per heavy atom. The molecule has 2 heterocycles. The second kappa shape index (κ2) is 7.13. The van der Waals surface area contributed by atoms with Crippen molar-refractivity contribution in [3.63, 3.8) is 0 Å². The summed E-state index contributed by atoms with van der Waals surface area (Å²) in [4.78, 5) is 4.11. The van der Waals surface area contributed by atoms with E-state index >= 15 is 0 Å². The zero-order valence-electron chi connectivity index (χ0n) is 13.9. The minimum atomic E-state index is 0.0296. The second-order valence-corrected chi connectivity index (χ2v) is 6.48. The standard InChI is InChI=1S/C18H17ClN6O/c19-15-2-1-3-16(12-15)24-8-10-25(11-9-24)18(26)14-6-4-13(5-7-14)17-20-22-23-21-17/h1-7,12,26H,8-11H2/p-1. The Morgan fingerprint density at radius 2 is 1.62 bits per heavy atom. The number of piperazine rings is 1. The van der Waals surface area contributed by atoms with Crippen molar-refractivity contribution >= 4 is 29.0 Å². The number of nitrogens with zero attached hydrogens (tertiary/aromatic N) is 6. The molecule has 0 bridgehead atoms. The van der Waals surface area contributed by atoms with Crippen LogP contribution in [0.5, 0.6) is 0 Å². The molecule has 0 spiro atoms. The van der Waals surface area contributed by atoms with Crippen molar-refractivity contribution in [1.29, 1.82) is 0 Å². The van der Waals surface area contributed by atoms with Gasteiger partial charge in [0.1, 0.15) is 0 Å². The second-order valence-electron chi connectivity index (χ2n) is 6.04. The Bertz CT molecular complexity index is 957. The van der Waals surface area contributed by atoms with Crippen LogP contribution in [-0.2, 0) is 0 Å². The first-order valence-corrected chi connectivity index (χ1v) is 8.67. The first-order valence-electron chi connectivity index (χ1n) is 8.30. The van der Waals surface area contributed by atoms with Crippen LogP contribution >= 0.6 is 11.6 Å². The summed E-state index contributed by atoms with van der Waals surface area (Å²) in [7, 11) is 0. The maximum absolute atomic E-state index is 12.7. The zero-order chi connectivity index (χ0) is 17.9. The Labute approximate surface area is 155 Å². The summed E-state index contributed by atoms with van der Waals surface area (Å²) in [5.74, 6) is 0.487. The highest BCUT2D eigenvalue weighted by atomic mass is 35.5. The fourth-order valence-electron chi connectivity index (χ4n) is 3.05. The maximum Gasteiger partial charge on any atom is 0.207 e. The third kappa shape index (κ3) is 3.39. The molecule has 0 radical (unpaired) electrons. The topological polar surface area (TPSA) is 79.0 Å². The van der Waals surface area contributed by atoms with Crippen molar-refractivity contribution in [2.45, 2.75) is 0 Å². The molecule has 0 unspecified atom stereocenters. The van der Waals surface area contributed by atoms with Crippen molar-refractivity contribution in [3.05, 3.63) is 64.0 Å². The van der Waals surface area contributed by atoms with Gasteiger partial charge in [0.2, 0.25) is 5.82 Å². The van der Waals surface area contributed by atoms with E-state index in [1.54, 1.807) is 12.1 Å². The van der Waals surface area contributed by atoms with E-state index in [1.165, 1.54) is 0 Å². The number of halogens is 1. The van der Waals surface area contributed by atoms with Gasteiger partial charge in [-0.1, -0.05) is 41.9 Å². The molecule has 0 aromatic heterocycles. The van der Waals surface area contributed by atoms with Crippen LogP contribution in [0, 0.1) is 0 Å². The monoisotopic (exact) mass is 367 g/mol. The molecule has 2 aromatic carbocycles. The highest BCUT2D eigenvalue weighted by Crippen LogP contribution is 2.21. The van der Waals surface area contributed by atoms with Gasteiger partial charge in [-0.15, -0.1) is 10.2 Å². The Hall–Kier alpha value is -2.93. The van der Waals surface area contributed by atoms with Gasteiger partial charge in [-0.25, -0.2) is 0 Å². The summed E-state index contributed by atoms with van der Waals surface area (Å²) in [6, 6.07) is 15.0. The van der Waals surface area contributed by atoms with Gasteiger partial charge < -0.3 is 14.9 Å². The molecule has 0 N–H and O–H groups in total. The fraction of sp³-hybridized carbons (Fsp3) is 0.222. The molecule has 132 valence electrons. The van der Waals surface area contributed by atoms with Crippen LogP contribution in [0.15, 0.2) is 69.2 Å². The zero-order valence-corrected chi connectivity index (χ0v) is 14.7. The van der Waals surface area contributed by atoms with Crippen LogP contribution in [0.2, 0.25) is 5.02 Å². The summed E-state index contributed by atoms with van der Waals surface area (Å²) in [5, 5.41) is 29.4. The third-order valence-corrected chi connectivity index (χ3v) is 4.68. The van der Waals surface area contributed by atoms with Crippen molar-refractivity contribution in [1.82, 2.24) is 4.90 Å². The average Bonchev–Trinajstić information content (AvgIpc) is 3.23. The van der Waals surface area contributed by atoms with Crippen LogP contribution in [0.4, 0.5) is 5.69 Å². The Morgan fingerprint density at radius 1 is 0.923 bits per heavy atom. The number of benzene rings is 2. The minimum Gasteiger partial charge on any atom is -0.860 e. The van der Waals surface area contributed by atoms with E-state index in [9.17, 15) is 5.11 Å². The summed E-state index contributed by atoms with van der Waals surface area (Å²) in [6.07, 6.45) is 0. The lowest BCUT2D eigenvalue weighted by molar-refractivity contribution is -0.272. The van der Waals surface area contributed by atoms with Crippen molar-refractivity contribution < 1.29 is 5.11 Å². The van der Waals surface area contributed by atoms with Crippen LogP contribution in [-0.4, -0.2) is 31.1 Å². The Kier molecular flexibility index (Phi) is 4.53. The van der Waals surface area contributed by atoms with Gasteiger partial charge in [0, 0.05) is 42.1 Å². The van der Waals surface area contributed by atoms with Gasteiger partial charge in [-0.3, -0.25) is 0 Å². The number of rotatable bonds is 2. The molecule has 0 atom stereocenters. The quantitative estimate of drug-likeness (QED) is 0.806. The van der Waals surface area contributed by atoms with Gasteiger partial charge in [0.15, 0.2) is 0 Å². The molecule has 2 aliphatic rings. The first-order chi connectivity index (χ1) is 12.7. The molecule has 0 saturated carbocycles. The Balaban J connectivity index is 1.50. The SMILES string of the molecule is [O-]C(=c1ccc(=C2N=NN=N2)cc1)N1CCN(c2cccc(Cl)c2)CC1. The highest BCUT2D eigenvalue weighted by Gasteiger charge is 2.16. The average molecular weight is 368 g/mol. The van der Waals surface area contributed by atoms with Gasteiger partial charge in [0.25, 0.3) is 0 Å². The van der Waals surface area contributed by atoms with Gasteiger partial charge in [-0.05, 0) is 39.7 Å². The van der Waals surface area contributed by atoms with E-state index in [0.29, 0.717) is 24.1 Å². The molecule has 8 heteroatoms. The molecule has 0 aliphatic carbocycles. The first kappa shape index (κ1) is 16.5. The molecule has 1 fully saturated rings. The fourth-order valence-corrected chi connectivity index (χ4v) is 3.23. The lowest BCUT2D eigenvalue weighted by atomic mass is 10.2. The van der Waals surface area contributed by atoms with E-state index in [4.69, 9.17) is 11.6 Å². The normalized spacial score (nSPS) is 16.4. The van der Waals surface area contributed by atoms with E-state index in [1.807, 2.05) is 41.3 Å². The largest absolute Gasteiger partial charge is 0.860 e. The van der Waals surface area contributed by atoms with Gasteiger partial charge >= 0.3 is 0 Å². The van der Waals surface area contributed by atoms with Crippen molar-refractivity contribution in [3.8, 4) is 0 Å². The van der Waals surface area contributed by atoms with Crippen molar-refractivity contribution in [2.75, 3.05) is 31.1 Å². The smallest absolute Gasteiger partial charge is 0.207 e.